The predicted octanol–water partition coefficient (Wildman–Crippen LogP) is 0.761. The Balaban J connectivity index is 3.18. The summed E-state index contributed by atoms with van der Waals surface area (Å²) >= 11 is 0. The zero-order chi connectivity index (χ0) is 15.2. The molecule has 0 aliphatic heterocycles. The van der Waals surface area contributed by atoms with E-state index in [-0.39, 0.29) is 10.7 Å². The van der Waals surface area contributed by atoms with Crippen molar-refractivity contribution < 1.29 is 22.3 Å². The molecule has 0 aromatic carbocycles. The summed E-state index contributed by atoms with van der Waals surface area (Å²) in [5.41, 5.74) is 0.243. The van der Waals surface area contributed by atoms with Crippen molar-refractivity contribution in [1.29, 1.82) is 0 Å². The third kappa shape index (κ3) is 4.09. The average Bonchev–Trinajstić information content (AvgIpc) is 2.38. The molecule has 0 saturated heterocycles. The Morgan fingerprint density at radius 3 is 2.75 bits per heavy atom. The maximum Gasteiger partial charge on any atom is 0.262 e. The Morgan fingerprint density at radius 2 is 2.20 bits per heavy atom. The minimum atomic E-state index is -4.19. The summed E-state index contributed by atoms with van der Waals surface area (Å²) in [5, 5.41) is 11.3. The molecule has 114 valence electrons. The molecule has 0 aliphatic rings. The first-order chi connectivity index (χ1) is 9.43. The number of pyridine rings is 1. The number of halogens is 2. The van der Waals surface area contributed by atoms with Crippen LogP contribution in [0.25, 0.3) is 0 Å². The smallest absolute Gasteiger partial charge is 0.262 e. The summed E-state index contributed by atoms with van der Waals surface area (Å²) < 4.78 is 50.2. The lowest BCUT2D eigenvalue weighted by Gasteiger charge is -2.21. The number of aliphatic hydroxyl groups is 1. The maximum atomic E-state index is 12.5. The van der Waals surface area contributed by atoms with Crippen molar-refractivity contribution in [3.05, 3.63) is 18.3 Å². The summed E-state index contributed by atoms with van der Waals surface area (Å²) in [5.74, 6) is 0. The molecule has 0 saturated carbocycles. The van der Waals surface area contributed by atoms with Crippen LogP contribution < -0.4 is 5.32 Å². The maximum absolute atomic E-state index is 12.5. The summed E-state index contributed by atoms with van der Waals surface area (Å²) in [6.45, 7) is 0.298. The average molecular weight is 309 g/mol. The fourth-order valence-corrected chi connectivity index (χ4v) is 3.11. The number of alkyl halides is 2. The van der Waals surface area contributed by atoms with Gasteiger partial charge in [-0.15, -0.1) is 0 Å². The molecule has 0 amide bonds. The molecule has 0 unspecified atom stereocenters. The first-order valence-electron chi connectivity index (χ1n) is 6.01. The van der Waals surface area contributed by atoms with Gasteiger partial charge in [-0.1, -0.05) is 0 Å². The first kappa shape index (κ1) is 16.7. The van der Waals surface area contributed by atoms with E-state index in [2.05, 4.69) is 10.3 Å². The van der Waals surface area contributed by atoms with Gasteiger partial charge in [0.25, 0.3) is 16.4 Å². The molecule has 1 aromatic heterocycles. The monoisotopic (exact) mass is 309 g/mol. The van der Waals surface area contributed by atoms with Crippen molar-refractivity contribution in [2.75, 3.05) is 31.6 Å². The van der Waals surface area contributed by atoms with Gasteiger partial charge in [-0.3, -0.25) is 0 Å². The SMILES string of the molecule is CCNc1cccnc1S(=O)(=O)N(CCO)CC(F)F. The zero-order valence-electron chi connectivity index (χ0n) is 11.0. The summed E-state index contributed by atoms with van der Waals surface area (Å²) in [7, 11) is -4.19. The highest BCUT2D eigenvalue weighted by molar-refractivity contribution is 7.89. The van der Waals surface area contributed by atoms with Crippen molar-refractivity contribution in [2.45, 2.75) is 18.4 Å². The normalized spacial score (nSPS) is 12.1. The van der Waals surface area contributed by atoms with Gasteiger partial charge in [0.1, 0.15) is 0 Å². The third-order valence-electron chi connectivity index (χ3n) is 2.41. The highest BCUT2D eigenvalue weighted by Gasteiger charge is 2.30. The summed E-state index contributed by atoms with van der Waals surface area (Å²) in [6, 6.07) is 3.05. The highest BCUT2D eigenvalue weighted by Crippen LogP contribution is 2.22. The van der Waals surface area contributed by atoms with Crippen LogP contribution in [0.4, 0.5) is 14.5 Å². The van der Waals surface area contributed by atoms with Crippen LogP contribution in [-0.4, -0.2) is 55.5 Å². The van der Waals surface area contributed by atoms with Crippen LogP contribution in [0.1, 0.15) is 6.92 Å². The van der Waals surface area contributed by atoms with Gasteiger partial charge < -0.3 is 10.4 Å². The van der Waals surface area contributed by atoms with E-state index in [0.29, 0.717) is 10.8 Å². The molecule has 0 aliphatic carbocycles. The Kier molecular flexibility index (Phi) is 6.24. The molecule has 0 bridgehead atoms. The largest absolute Gasteiger partial charge is 0.395 e. The number of aromatic nitrogens is 1. The topological polar surface area (TPSA) is 82.5 Å². The second-order valence-electron chi connectivity index (χ2n) is 3.86. The Labute approximate surface area is 116 Å². The minimum absolute atomic E-state index is 0.243. The van der Waals surface area contributed by atoms with E-state index in [1.165, 1.54) is 12.3 Å². The second kappa shape index (κ2) is 7.46. The van der Waals surface area contributed by atoms with Crippen molar-refractivity contribution in [2.24, 2.45) is 0 Å². The fourth-order valence-electron chi connectivity index (χ4n) is 1.62. The molecule has 0 radical (unpaired) electrons. The molecule has 1 rings (SSSR count). The van der Waals surface area contributed by atoms with Crippen LogP contribution in [0.3, 0.4) is 0 Å². The van der Waals surface area contributed by atoms with Gasteiger partial charge in [0, 0.05) is 19.3 Å². The van der Waals surface area contributed by atoms with Crippen LogP contribution in [0.2, 0.25) is 0 Å². The number of anilines is 1. The van der Waals surface area contributed by atoms with Crippen molar-refractivity contribution in [3.8, 4) is 0 Å². The highest BCUT2D eigenvalue weighted by atomic mass is 32.2. The predicted molar refractivity (Wildman–Crippen MR) is 70.2 cm³/mol. The summed E-state index contributed by atoms with van der Waals surface area (Å²) in [4.78, 5) is 3.76. The number of nitrogens with zero attached hydrogens (tertiary/aromatic N) is 2. The molecule has 2 N–H and O–H groups in total. The number of hydrogen-bond acceptors (Lipinski definition) is 5. The van der Waals surface area contributed by atoms with E-state index < -0.39 is 36.1 Å². The van der Waals surface area contributed by atoms with E-state index in [9.17, 15) is 17.2 Å². The molecule has 0 atom stereocenters. The van der Waals surface area contributed by atoms with Crippen molar-refractivity contribution in [1.82, 2.24) is 9.29 Å². The third-order valence-corrected chi connectivity index (χ3v) is 4.24. The van der Waals surface area contributed by atoms with Crippen molar-refractivity contribution in [3.63, 3.8) is 0 Å². The molecule has 0 fully saturated rings. The molecule has 6 nitrogen and oxygen atoms in total. The Hall–Kier alpha value is -1.32. The van der Waals surface area contributed by atoms with E-state index in [4.69, 9.17) is 5.11 Å². The number of nitrogens with one attached hydrogen (secondary N) is 1. The van der Waals surface area contributed by atoms with Gasteiger partial charge in [0.2, 0.25) is 0 Å². The minimum Gasteiger partial charge on any atom is -0.395 e. The number of aliphatic hydroxyl groups excluding tert-OH is 1. The van der Waals surface area contributed by atoms with E-state index >= 15 is 0 Å². The molecule has 9 heteroatoms. The van der Waals surface area contributed by atoms with Crippen LogP contribution in [-0.2, 0) is 10.0 Å². The van der Waals surface area contributed by atoms with Gasteiger partial charge in [0.15, 0.2) is 5.03 Å². The van der Waals surface area contributed by atoms with Crippen LogP contribution >= 0.6 is 0 Å². The number of rotatable bonds is 8. The van der Waals surface area contributed by atoms with Crippen LogP contribution in [0.15, 0.2) is 23.4 Å². The Bertz CT molecular complexity index is 525. The standard InChI is InChI=1S/C11H17F2N3O3S/c1-2-14-9-4-3-5-15-11(9)20(18,19)16(6-7-17)8-10(12)13/h3-5,10,14,17H,2,6-8H2,1H3. The molecule has 1 heterocycles. The van der Waals surface area contributed by atoms with Crippen LogP contribution in [0.5, 0.6) is 0 Å². The number of hydrogen-bond donors (Lipinski definition) is 2. The Morgan fingerprint density at radius 1 is 1.50 bits per heavy atom. The lowest BCUT2D eigenvalue weighted by Crippen LogP contribution is -2.38. The summed E-state index contributed by atoms with van der Waals surface area (Å²) in [6.07, 6.45) is -1.56. The van der Waals surface area contributed by atoms with E-state index in [0.717, 1.165) is 0 Å². The van der Waals surface area contributed by atoms with Crippen molar-refractivity contribution >= 4 is 15.7 Å². The lowest BCUT2D eigenvalue weighted by atomic mass is 10.4. The first-order valence-corrected chi connectivity index (χ1v) is 7.45. The van der Waals surface area contributed by atoms with Crippen LogP contribution in [0, 0.1) is 0 Å². The molecule has 0 spiro atoms. The van der Waals surface area contributed by atoms with Gasteiger partial charge in [-0.05, 0) is 19.1 Å². The van der Waals surface area contributed by atoms with Gasteiger partial charge >= 0.3 is 0 Å². The number of sulfonamides is 1. The molecular formula is C11H17F2N3O3S. The van der Waals surface area contributed by atoms with Gasteiger partial charge in [0.05, 0.1) is 18.8 Å². The fraction of sp³-hybridized carbons (Fsp3) is 0.545. The van der Waals surface area contributed by atoms with E-state index in [1.807, 2.05) is 0 Å². The zero-order valence-corrected chi connectivity index (χ0v) is 11.8. The van der Waals surface area contributed by atoms with Gasteiger partial charge in [-0.25, -0.2) is 22.2 Å². The molecule has 20 heavy (non-hydrogen) atoms. The molecule has 1 aromatic rings. The van der Waals surface area contributed by atoms with E-state index in [1.54, 1.807) is 13.0 Å². The quantitative estimate of drug-likeness (QED) is 0.741. The second-order valence-corrected chi connectivity index (χ2v) is 5.72. The van der Waals surface area contributed by atoms with Gasteiger partial charge in [-0.2, -0.15) is 4.31 Å². The molecular weight excluding hydrogens is 292 g/mol. The lowest BCUT2D eigenvalue weighted by molar-refractivity contribution is 0.113.